The third kappa shape index (κ3) is 2.15. The van der Waals surface area contributed by atoms with Crippen molar-refractivity contribution in [1.82, 2.24) is 4.57 Å². The first-order valence-corrected chi connectivity index (χ1v) is 5.58. The van der Waals surface area contributed by atoms with Crippen molar-refractivity contribution in [3.63, 3.8) is 0 Å². The monoisotopic (exact) mass is 263 g/mol. The van der Waals surface area contributed by atoms with Crippen LogP contribution in [0.2, 0.25) is 5.02 Å². The van der Waals surface area contributed by atoms with Crippen LogP contribution in [0, 0.1) is 0 Å². The highest BCUT2D eigenvalue weighted by atomic mass is 35.5. The number of methoxy groups -OCH3 is 1. The number of benzene rings is 1. The molecule has 0 bridgehead atoms. The van der Waals surface area contributed by atoms with Crippen LogP contribution in [-0.2, 0) is 4.74 Å². The molecule has 2 rings (SSSR count). The molecule has 0 spiro atoms. The van der Waals surface area contributed by atoms with E-state index >= 15 is 0 Å². The van der Waals surface area contributed by atoms with E-state index in [-0.39, 0.29) is 11.6 Å². The molecule has 92 valence electrons. The molecule has 1 aromatic heterocycles. The van der Waals surface area contributed by atoms with Gasteiger partial charge in [0.15, 0.2) is 0 Å². The third-order valence-corrected chi connectivity index (χ3v) is 2.80. The van der Waals surface area contributed by atoms with Crippen LogP contribution in [0.3, 0.4) is 0 Å². The largest absolute Gasteiger partial charge is 0.464 e. The summed E-state index contributed by atoms with van der Waals surface area (Å²) < 4.78 is 5.82. The number of carbonyl (C=O) groups is 2. The minimum absolute atomic E-state index is 0.169. The molecule has 0 saturated heterocycles. The first kappa shape index (κ1) is 12.4. The lowest BCUT2D eigenvalue weighted by Gasteiger charge is -2.07. The van der Waals surface area contributed by atoms with Crippen molar-refractivity contribution in [3.05, 3.63) is 58.9 Å². The predicted molar refractivity (Wildman–Crippen MR) is 67.0 cm³/mol. The molecule has 1 aromatic carbocycles. The lowest BCUT2D eigenvalue weighted by Crippen LogP contribution is -2.18. The molecule has 0 N–H and O–H groups in total. The zero-order valence-corrected chi connectivity index (χ0v) is 10.3. The van der Waals surface area contributed by atoms with E-state index in [1.807, 2.05) is 0 Å². The summed E-state index contributed by atoms with van der Waals surface area (Å²) >= 11 is 5.95. The number of hydrogen-bond acceptors (Lipinski definition) is 3. The van der Waals surface area contributed by atoms with Crippen LogP contribution in [0.15, 0.2) is 42.6 Å². The van der Waals surface area contributed by atoms with Crippen molar-refractivity contribution >= 4 is 23.5 Å². The summed E-state index contributed by atoms with van der Waals surface area (Å²) in [5, 5.41) is 0.340. The minimum atomic E-state index is -0.569. The molecule has 0 aliphatic rings. The van der Waals surface area contributed by atoms with Gasteiger partial charge in [-0.15, -0.1) is 0 Å². The van der Waals surface area contributed by atoms with Gasteiger partial charge in [0, 0.05) is 6.20 Å². The molecule has 2 aromatic rings. The maximum atomic E-state index is 12.2. The Kier molecular flexibility index (Phi) is 3.48. The minimum Gasteiger partial charge on any atom is -0.464 e. The molecule has 0 aliphatic heterocycles. The fraction of sp³-hybridized carbons (Fsp3) is 0.0769. The lowest BCUT2D eigenvalue weighted by atomic mass is 10.2. The van der Waals surface area contributed by atoms with Crippen molar-refractivity contribution < 1.29 is 14.3 Å². The molecular formula is C13H10ClNO3. The van der Waals surface area contributed by atoms with E-state index in [0.29, 0.717) is 10.6 Å². The summed E-state index contributed by atoms with van der Waals surface area (Å²) in [7, 11) is 1.26. The van der Waals surface area contributed by atoms with Crippen LogP contribution in [0.25, 0.3) is 0 Å². The molecule has 0 amide bonds. The van der Waals surface area contributed by atoms with Gasteiger partial charge in [0.2, 0.25) is 0 Å². The Labute approximate surface area is 109 Å². The first-order valence-electron chi connectivity index (χ1n) is 5.20. The highest BCUT2D eigenvalue weighted by Gasteiger charge is 2.18. The van der Waals surface area contributed by atoms with Crippen molar-refractivity contribution in [2.45, 2.75) is 0 Å². The van der Waals surface area contributed by atoms with Gasteiger partial charge in [-0.25, -0.2) is 4.79 Å². The molecule has 4 nitrogen and oxygen atoms in total. The Balaban J connectivity index is 2.45. The van der Waals surface area contributed by atoms with Crippen LogP contribution in [0.4, 0.5) is 0 Å². The second-order valence-electron chi connectivity index (χ2n) is 3.54. The fourth-order valence-corrected chi connectivity index (χ4v) is 1.81. The summed E-state index contributed by atoms with van der Waals surface area (Å²) in [5.74, 6) is -0.939. The van der Waals surface area contributed by atoms with E-state index in [2.05, 4.69) is 4.74 Å². The molecule has 0 unspecified atom stereocenters. The number of ether oxygens (including phenoxy) is 1. The number of carbonyl (C=O) groups excluding carboxylic acids is 2. The zero-order chi connectivity index (χ0) is 13.1. The number of hydrogen-bond donors (Lipinski definition) is 0. The smallest absolute Gasteiger partial charge is 0.355 e. The summed E-state index contributed by atoms with van der Waals surface area (Å²) in [6, 6.07) is 9.78. The molecule has 0 atom stereocenters. The van der Waals surface area contributed by atoms with E-state index in [0.717, 1.165) is 0 Å². The van der Waals surface area contributed by atoms with Gasteiger partial charge in [0.25, 0.3) is 5.91 Å². The SMILES string of the molecule is COC(=O)c1cccn1C(=O)c1ccccc1Cl. The maximum absolute atomic E-state index is 12.2. The van der Waals surface area contributed by atoms with Gasteiger partial charge in [0.05, 0.1) is 17.7 Å². The van der Waals surface area contributed by atoms with Gasteiger partial charge >= 0.3 is 5.97 Å². The van der Waals surface area contributed by atoms with Crippen molar-refractivity contribution in [1.29, 1.82) is 0 Å². The Bertz CT molecular complexity index is 604. The Hall–Kier alpha value is -2.07. The topological polar surface area (TPSA) is 48.3 Å². The van der Waals surface area contributed by atoms with E-state index in [9.17, 15) is 9.59 Å². The molecule has 0 radical (unpaired) electrons. The van der Waals surface area contributed by atoms with E-state index in [4.69, 9.17) is 11.6 Å². The number of nitrogens with zero attached hydrogens (tertiary/aromatic N) is 1. The summed E-state index contributed by atoms with van der Waals surface area (Å²) in [6.07, 6.45) is 1.50. The van der Waals surface area contributed by atoms with Gasteiger partial charge in [-0.05, 0) is 24.3 Å². The molecule has 0 fully saturated rings. The maximum Gasteiger partial charge on any atom is 0.355 e. The van der Waals surface area contributed by atoms with E-state index < -0.39 is 5.97 Å². The fourth-order valence-electron chi connectivity index (χ4n) is 1.59. The van der Waals surface area contributed by atoms with Crippen LogP contribution in [0.5, 0.6) is 0 Å². The Morgan fingerprint density at radius 1 is 1.17 bits per heavy atom. The molecule has 0 aliphatic carbocycles. The lowest BCUT2D eigenvalue weighted by molar-refractivity contribution is 0.0583. The van der Waals surface area contributed by atoms with Crippen LogP contribution >= 0.6 is 11.6 Å². The Morgan fingerprint density at radius 3 is 2.56 bits per heavy atom. The molecule has 18 heavy (non-hydrogen) atoms. The number of halogens is 1. The molecular weight excluding hydrogens is 254 g/mol. The second-order valence-corrected chi connectivity index (χ2v) is 3.95. The molecule has 1 heterocycles. The van der Waals surface area contributed by atoms with Crippen LogP contribution < -0.4 is 0 Å². The molecule has 5 heteroatoms. The summed E-state index contributed by atoms with van der Waals surface area (Å²) in [6.45, 7) is 0. The summed E-state index contributed by atoms with van der Waals surface area (Å²) in [5.41, 5.74) is 0.503. The number of rotatable bonds is 2. The third-order valence-electron chi connectivity index (χ3n) is 2.47. The highest BCUT2D eigenvalue weighted by Crippen LogP contribution is 2.17. The van der Waals surface area contributed by atoms with Crippen molar-refractivity contribution in [2.24, 2.45) is 0 Å². The van der Waals surface area contributed by atoms with Gasteiger partial charge in [-0.3, -0.25) is 9.36 Å². The van der Waals surface area contributed by atoms with E-state index in [1.165, 1.54) is 23.9 Å². The van der Waals surface area contributed by atoms with Gasteiger partial charge in [-0.2, -0.15) is 0 Å². The van der Waals surface area contributed by atoms with Crippen LogP contribution in [-0.4, -0.2) is 23.6 Å². The zero-order valence-electron chi connectivity index (χ0n) is 9.59. The number of esters is 1. The quantitative estimate of drug-likeness (QED) is 0.783. The second kappa shape index (κ2) is 5.06. The standard InChI is InChI=1S/C13H10ClNO3/c1-18-13(17)11-7-4-8-15(11)12(16)9-5-2-3-6-10(9)14/h2-8H,1H3. The van der Waals surface area contributed by atoms with Gasteiger partial charge in [-0.1, -0.05) is 23.7 Å². The average molecular weight is 264 g/mol. The van der Waals surface area contributed by atoms with Gasteiger partial charge in [0.1, 0.15) is 5.69 Å². The van der Waals surface area contributed by atoms with Crippen LogP contribution in [0.1, 0.15) is 20.8 Å². The summed E-state index contributed by atoms with van der Waals surface area (Å²) in [4.78, 5) is 23.7. The first-order chi connectivity index (χ1) is 8.65. The van der Waals surface area contributed by atoms with Crippen molar-refractivity contribution in [2.75, 3.05) is 7.11 Å². The van der Waals surface area contributed by atoms with Gasteiger partial charge < -0.3 is 4.74 Å². The highest BCUT2D eigenvalue weighted by molar-refractivity contribution is 6.34. The Morgan fingerprint density at radius 2 is 1.89 bits per heavy atom. The normalized spacial score (nSPS) is 10.1. The number of aromatic nitrogens is 1. The molecule has 0 saturated carbocycles. The predicted octanol–water partition coefficient (Wildman–Crippen LogP) is 2.62. The van der Waals surface area contributed by atoms with E-state index in [1.54, 1.807) is 30.3 Å². The van der Waals surface area contributed by atoms with Crippen molar-refractivity contribution in [3.8, 4) is 0 Å². The average Bonchev–Trinajstić information content (AvgIpc) is 2.86.